The van der Waals surface area contributed by atoms with Crippen LogP contribution in [0.4, 0.5) is 0 Å². The minimum atomic E-state index is 0.142. The number of hydrazine groups is 1. The summed E-state index contributed by atoms with van der Waals surface area (Å²) in [6, 6.07) is 5.94. The van der Waals surface area contributed by atoms with E-state index in [9.17, 15) is 0 Å². The summed E-state index contributed by atoms with van der Waals surface area (Å²) in [5.41, 5.74) is 5.03. The molecule has 0 aromatic heterocycles. The van der Waals surface area contributed by atoms with E-state index in [-0.39, 0.29) is 6.04 Å². The number of benzene rings is 1. The molecule has 66 valence electrons. The van der Waals surface area contributed by atoms with Crippen molar-refractivity contribution < 1.29 is 0 Å². The van der Waals surface area contributed by atoms with Crippen LogP contribution < -0.4 is 11.3 Å². The summed E-state index contributed by atoms with van der Waals surface area (Å²) in [5, 5.41) is 0.748. The third-order valence-electron chi connectivity index (χ3n) is 1.96. The van der Waals surface area contributed by atoms with E-state index in [4.69, 9.17) is 17.4 Å². The van der Waals surface area contributed by atoms with Gasteiger partial charge in [-0.25, -0.2) is 0 Å². The molecule has 0 saturated heterocycles. The first-order valence-electron chi connectivity index (χ1n) is 3.87. The number of halogens is 1. The minimum Gasteiger partial charge on any atom is -0.271 e. The maximum absolute atomic E-state index is 5.85. The Morgan fingerprint density at radius 3 is 2.75 bits per heavy atom. The van der Waals surface area contributed by atoms with E-state index in [1.807, 2.05) is 32.0 Å². The molecule has 0 heterocycles. The lowest BCUT2D eigenvalue weighted by atomic mass is 10.0. The van der Waals surface area contributed by atoms with E-state index in [1.165, 1.54) is 5.56 Å². The van der Waals surface area contributed by atoms with Gasteiger partial charge >= 0.3 is 0 Å². The Balaban J connectivity index is 3.04. The van der Waals surface area contributed by atoms with Crippen LogP contribution in [0.5, 0.6) is 0 Å². The molecule has 0 aliphatic heterocycles. The molecule has 1 aromatic carbocycles. The second-order valence-electron chi connectivity index (χ2n) is 2.89. The van der Waals surface area contributed by atoms with E-state index < -0.39 is 0 Å². The number of hydrogen-bond donors (Lipinski definition) is 2. The highest BCUT2D eigenvalue weighted by molar-refractivity contribution is 6.30. The molecule has 0 aliphatic rings. The Morgan fingerprint density at radius 2 is 2.17 bits per heavy atom. The van der Waals surface area contributed by atoms with Crippen molar-refractivity contribution in [1.82, 2.24) is 5.43 Å². The van der Waals surface area contributed by atoms with Gasteiger partial charge in [0.05, 0.1) is 0 Å². The summed E-state index contributed by atoms with van der Waals surface area (Å²) >= 11 is 5.85. The van der Waals surface area contributed by atoms with Crippen LogP contribution in [-0.2, 0) is 0 Å². The molecule has 1 atom stereocenters. The molecule has 12 heavy (non-hydrogen) atoms. The molecule has 0 spiro atoms. The fourth-order valence-electron chi connectivity index (χ4n) is 1.17. The predicted octanol–water partition coefficient (Wildman–Crippen LogP) is 2.17. The largest absolute Gasteiger partial charge is 0.271 e. The molecule has 0 aliphatic carbocycles. The van der Waals surface area contributed by atoms with Crippen molar-refractivity contribution in [3.63, 3.8) is 0 Å². The SMILES string of the molecule is Cc1ccc(Cl)cc1C(C)NN. The van der Waals surface area contributed by atoms with Crippen LogP contribution in [-0.4, -0.2) is 0 Å². The summed E-state index contributed by atoms with van der Waals surface area (Å²) < 4.78 is 0. The first-order chi connectivity index (χ1) is 5.65. The van der Waals surface area contributed by atoms with Gasteiger partial charge in [-0.05, 0) is 37.1 Å². The van der Waals surface area contributed by atoms with Gasteiger partial charge in [-0.2, -0.15) is 0 Å². The van der Waals surface area contributed by atoms with Crippen LogP contribution in [0.25, 0.3) is 0 Å². The van der Waals surface area contributed by atoms with E-state index >= 15 is 0 Å². The fraction of sp³-hybridized carbons (Fsp3) is 0.333. The molecule has 1 aromatic rings. The Bertz CT molecular complexity index is 273. The summed E-state index contributed by atoms with van der Waals surface area (Å²) in [5.74, 6) is 5.33. The first-order valence-corrected chi connectivity index (χ1v) is 4.25. The maximum atomic E-state index is 5.85. The first kappa shape index (κ1) is 9.52. The molecule has 3 heteroatoms. The van der Waals surface area contributed by atoms with Crippen LogP contribution >= 0.6 is 11.6 Å². The highest BCUT2D eigenvalue weighted by atomic mass is 35.5. The van der Waals surface area contributed by atoms with Gasteiger partial charge in [0.1, 0.15) is 0 Å². The smallest absolute Gasteiger partial charge is 0.0434 e. The highest BCUT2D eigenvalue weighted by Crippen LogP contribution is 2.20. The molecule has 0 fully saturated rings. The molecule has 0 bridgehead atoms. The van der Waals surface area contributed by atoms with Gasteiger partial charge in [0.25, 0.3) is 0 Å². The monoisotopic (exact) mass is 184 g/mol. The zero-order valence-electron chi connectivity index (χ0n) is 7.26. The minimum absolute atomic E-state index is 0.142. The van der Waals surface area contributed by atoms with Crippen molar-refractivity contribution in [3.8, 4) is 0 Å². The third-order valence-corrected chi connectivity index (χ3v) is 2.19. The zero-order chi connectivity index (χ0) is 9.14. The van der Waals surface area contributed by atoms with E-state index in [1.54, 1.807) is 0 Å². The fourth-order valence-corrected chi connectivity index (χ4v) is 1.35. The van der Waals surface area contributed by atoms with E-state index in [2.05, 4.69) is 5.43 Å². The molecular formula is C9H13ClN2. The molecular weight excluding hydrogens is 172 g/mol. The second-order valence-corrected chi connectivity index (χ2v) is 3.33. The van der Waals surface area contributed by atoms with Crippen molar-refractivity contribution in [2.24, 2.45) is 5.84 Å². The molecule has 3 N–H and O–H groups in total. The zero-order valence-corrected chi connectivity index (χ0v) is 8.02. The summed E-state index contributed by atoms with van der Waals surface area (Å²) in [6.45, 7) is 4.04. The third kappa shape index (κ3) is 1.97. The van der Waals surface area contributed by atoms with Crippen LogP contribution in [0, 0.1) is 6.92 Å². The van der Waals surface area contributed by atoms with Gasteiger partial charge in [-0.15, -0.1) is 0 Å². The number of rotatable bonds is 2. The lowest BCUT2D eigenvalue weighted by Gasteiger charge is -2.13. The lowest BCUT2D eigenvalue weighted by molar-refractivity contribution is 0.599. The molecule has 0 amide bonds. The Kier molecular flexibility index (Phi) is 3.09. The van der Waals surface area contributed by atoms with Gasteiger partial charge in [0.15, 0.2) is 0 Å². The summed E-state index contributed by atoms with van der Waals surface area (Å²) in [4.78, 5) is 0. The highest BCUT2D eigenvalue weighted by Gasteiger charge is 2.05. The van der Waals surface area contributed by atoms with Crippen LogP contribution in [0.3, 0.4) is 0 Å². The molecule has 1 rings (SSSR count). The van der Waals surface area contributed by atoms with E-state index in [0.717, 1.165) is 10.6 Å². The number of nitrogens with two attached hydrogens (primary N) is 1. The van der Waals surface area contributed by atoms with Crippen molar-refractivity contribution in [1.29, 1.82) is 0 Å². The molecule has 0 radical (unpaired) electrons. The lowest BCUT2D eigenvalue weighted by Crippen LogP contribution is -2.26. The average molecular weight is 185 g/mol. The average Bonchev–Trinajstić information content (AvgIpc) is 2.08. The van der Waals surface area contributed by atoms with Crippen LogP contribution in [0.1, 0.15) is 24.1 Å². The molecule has 0 saturated carbocycles. The molecule has 1 unspecified atom stereocenters. The Morgan fingerprint density at radius 1 is 1.50 bits per heavy atom. The quantitative estimate of drug-likeness (QED) is 0.546. The van der Waals surface area contributed by atoms with Gasteiger partial charge in [-0.3, -0.25) is 11.3 Å². The Hall–Kier alpha value is -0.570. The van der Waals surface area contributed by atoms with Crippen molar-refractivity contribution in [2.75, 3.05) is 0 Å². The normalized spacial score (nSPS) is 13.0. The van der Waals surface area contributed by atoms with E-state index in [0.29, 0.717) is 0 Å². The predicted molar refractivity (Wildman–Crippen MR) is 51.9 cm³/mol. The Labute approximate surface area is 77.7 Å². The number of hydrogen-bond acceptors (Lipinski definition) is 2. The van der Waals surface area contributed by atoms with Crippen molar-refractivity contribution in [2.45, 2.75) is 19.9 Å². The standard InChI is InChI=1S/C9H13ClN2/c1-6-3-4-8(10)5-9(6)7(2)12-11/h3-5,7,12H,11H2,1-2H3. The topological polar surface area (TPSA) is 38.0 Å². The van der Waals surface area contributed by atoms with Gasteiger partial charge in [-0.1, -0.05) is 17.7 Å². The second kappa shape index (κ2) is 3.90. The number of nitrogens with one attached hydrogen (secondary N) is 1. The number of aryl methyl sites for hydroxylation is 1. The van der Waals surface area contributed by atoms with Gasteiger partial charge < -0.3 is 0 Å². The summed E-state index contributed by atoms with van der Waals surface area (Å²) in [6.07, 6.45) is 0. The summed E-state index contributed by atoms with van der Waals surface area (Å²) in [7, 11) is 0. The van der Waals surface area contributed by atoms with Gasteiger partial charge in [0, 0.05) is 11.1 Å². The van der Waals surface area contributed by atoms with Crippen molar-refractivity contribution in [3.05, 3.63) is 34.3 Å². The van der Waals surface area contributed by atoms with Crippen LogP contribution in [0.15, 0.2) is 18.2 Å². The van der Waals surface area contributed by atoms with Crippen molar-refractivity contribution >= 4 is 11.6 Å². The van der Waals surface area contributed by atoms with Gasteiger partial charge in [0.2, 0.25) is 0 Å². The molecule has 2 nitrogen and oxygen atoms in total. The van der Waals surface area contributed by atoms with Crippen LogP contribution in [0.2, 0.25) is 5.02 Å². The maximum Gasteiger partial charge on any atom is 0.0434 e.